The van der Waals surface area contributed by atoms with Gasteiger partial charge < -0.3 is 19.2 Å². The van der Waals surface area contributed by atoms with Crippen LogP contribution in [0.15, 0.2) is 34.9 Å². The number of aryl methyl sites for hydroxylation is 1. The maximum atomic E-state index is 5.95. The van der Waals surface area contributed by atoms with Crippen molar-refractivity contribution >= 4 is 17.1 Å². The van der Waals surface area contributed by atoms with E-state index in [0.717, 1.165) is 60.8 Å². The highest BCUT2D eigenvalue weighted by Gasteiger charge is 2.21. The molecule has 0 bridgehead atoms. The van der Waals surface area contributed by atoms with Gasteiger partial charge in [0.15, 0.2) is 5.58 Å². The monoisotopic (exact) mass is 438 g/mol. The molecule has 32 heavy (non-hydrogen) atoms. The van der Waals surface area contributed by atoms with E-state index in [-0.39, 0.29) is 12.2 Å². The zero-order chi connectivity index (χ0) is 22.7. The topological polar surface area (TPSA) is 72.7 Å². The number of piperidine rings is 1. The molecule has 1 aromatic carbocycles. The minimum absolute atomic E-state index is 0.130. The van der Waals surface area contributed by atoms with Gasteiger partial charge in [0, 0.05) is 37.9 Å². The quantitative estimate of drug-likeness (QED) is 0.519. The molecule has 4 rings (SSSR count). The molecule has 7 heteroatoms. The molecule has 172 valence electrons. The molecule has 1 N–H and O–H groups in total. The van der Waals surface area contributed by atoms with Crippen molar-refractivity contribution in [1.82, 2.24) is 14.9 Å². The van der Waals surface area contributed by atoms with Crippen molar-refractivity contribution in [3.63, 3.8) is 0 Å². The van der Waals surface area contributed by atoms with Crippen LogP contribution >= 0.6 is 0 Å². The number of anilines is 1. The maximum absolute atomic E-state index is 5.95. The first-order valence-electron chi connectivity index (χ1n) is 11.5. The van der Waals surface area contributed by atoms with Gasteiger partial charge in [-0.25, -0.2) is 0 Å². The van der Waals surface area contributed by atoms with Crippen molar-refractivity contribution < 1.29 is 13.9 Å². The lowest BCUT2D eigenvalue weighted by atomic mass is 10.0. The summed E-state index contributed by atoms with van der Waals surface area (Å²) in [4.78, 5) is 11.3. The summed E-state index contributed by atoms with van der Waals surface area (Å²) in [5.74, 6) is 1.73. The molecule has 0 radical (unpaired) electrons. The molecule has 0 spiro atoms. The van der Waals surface area contributed by atoms with Crippen LogP contribution in [0.1, 0.15) is 51.8 Å². The van der Waals surface area contributed by atoms with Crippen LogP contribution in [-0.4, -0.2) is 46.2 Å². The lowest BCUT2D eigenvalue weighted by Gasteiger charge is -2.32. The Labute approximate surface area is 190 Å². The number of likely N-dealkylation sites (tertiary alicyclic amines) is 1. The fourth-order valence-electron chi connectivity index (χ4n) is 4.11. The number of benzene rings is 1. The van der Waals surface area contributed by atoms with Crippen LogP contribution in [0.4, 0.5) is 6.01 Å². The first-order chi connectivity index (χ1) is 15.4. The minimum Gasteiger partial charge on any atom is -0.491 e. The second kappa shape index (κ2) is 9.77. The normalized spacial score (nSPS) is 15.6. The molecule has 1 saturated heterocycles. The summed E-state index contributed by atoms with van der Waals surface area (Å²) in [7, 11) is 0. The fraction of sp³-hybridized carbons (Fsp3) is 0.520. The Morgan fingerprint density at radius 2 is 1.72 bits per heavy atom. The van der Waals surface area contributed by atoms with E-state index in [9.17, 15) is 0 Å². The van der Waals surface area contributed by atoms with Gasteiger partial charge in [0.2, 0.25) is 0 Å². The highest BCUT2D eigenvalue weighted by Crippen LogP contribution is 2.27. The van der Waals surface area contributed by atoms with E-state index in [1.165, 1.54) is 5.56 Å². The number of hydrogen-bond acceptors (Lipinski definition) is 7. The summed E-state index contributed by atoms with van der Waals surface area (Å²) >= 11 is 0. The molecule has 2 aromatic heterocycles. The molecule has 7 nitrogen and oxygen atoms in total. The first-order valence-corrected chi connectivity index (χ1v) is 11.5. The molecule has 0 saturated carbocycles. The highest BCUT2D eigenvalue weighted by atomic mass is 16.5. The van der Waals surface area contributed by atoms with Gasteiger partial charge in [-0.2, -0.15) is 4.98 Å². The van der Waals surface area contributed by atoms with E-state index in [4.69, 9.17) is 13.9 Å². The van der Waals surface area contributed by atoms with E-state index >= 15 is 0 Å². The average molecular weight is 439 g/mol. The second-order valence-electron chi connectivity index (χ2n) is 9.10. The van der Waals surface area contributed by atoms with Gasteiger partial charge in [-0.15, -0.1) is 0 Å². The molecule has 1 aliphatic rings. The Morgan fingerprint density at radius 1 is 1.06 bits per heavy atom. The zero-order valence-corrected chi connectivity index (χ0v) is 19.7. The summed E-state index contributed by atoms with van der Waals surface area (Å²) < 4.78 is 17.8. The number of oxazole rings is 1. The molecular formula is C25H34N4O3. The summed E-state index contributed by atoms with van der Waals surface area (Å²) in [6, 6.07) is 9.07. The number of fused-ring (bicyclic) bond motifs is 1. The smallest absolute Gasteiger partial charge is 0.295 e. The van der Waals surface area contributed by atoms with Gasteiger partial charge in [0.05, 0.1) is 17.9 Å². The SMILES string of the molecule is Cc1nccc2nc(NC3CCN(Cc4cc(OC(C)C)cc(OC(C)C)c4)CC3)oc12. The Kier molecular flexibility index (Phi) is 6.84. The first kappa shape index (κ1) is 22.4. The van der Waals surface area contributed by atoms with E-state index in [0.29, 0.717) is 12.1 Å². The summed E-state index contributed by atoms with van der Waals surface area (Å²) in [5.41, 5.74) is 3.69. The van der Waals surface area contributed by atoms with E-state index in [1.807, 2.05) is 46.8 Å². The molecule has 1 aliphatic heterocycles. The maximum Gasteiger partial charge on any atom is 0.295 e. The van der Waals surface area contributed by atoms with E-state index < -0.39 is 0 Å². The molecule has 3 aromatic rings. The van der Waals surface area contributed by atoms with Crippen LogP contribution in [0.3, 0.4) is 0 Å². The Morgan fingerprint density at radius 3 is 2.31 bits per heavy atom. The number of pyridine rings is 1. The van der Waals surface area contributed by atoms with Crippen molar-refractivity contribution in [3.8, 4) is 11.5 Å². The van der Waals surface area contributed by atoms with Crippen LogP contribution in [0, 0.1) is 6.92 Å². The largest absolute Gasteiger partial charge is 0.491 e. The number of aromatic nitrogens is 2. The van der Waals surface area contributed by atoms with Crippen molar-refractivity contribution in [2.45, 2.75) is 72.3 Å². The Hall–Kier alpha value is -2.80. The Balaban J connectivity index is 1.36. The van der Waals surface area contributed by atoms with Crippen LogP contribution in [0.25, 0.3) is 11.1 Å². The second-order valence-corrected chi connectivity index (χ2v) is 9.10. The number of nitrogens with one attached hydrogen (secondary N) is 1. The molecule has 1 fully saturated rings. The molecule has 3 heterocycles. The van der Waals surface area contributed by atoms with Crippen molar-refractivity contribution in [2.75, 3.05) is 18.4 Å². The van der Waals surface area contributed by atoms with Crippen LogP contribution < -0.4 is 14.8 Å². The lowest BCUT2D eigenvalue weighted by molar-refractivity contribution is 0.207. The molecule has 0 amide bonds. The number of hydrogen-bond donors (Lipinski definition) is 1. The predicted molar refractivity (Wildman–Crippen MR) is 126 cm³/mol. The highest BCUT2D eigenvalue weighted by molar-refractivity contribution is 5.76. The van der Waals surface area contributed by atoms with Gasteiger partial charge in [-0.3, -0.25) is 9.88 Å². The third-order valence-electron chi connectivity index (χ3n) is 5.49. The Bertz CT molecular complexity index is 1010. The van der Waals surface area contributed by atoms with Crippen molar-refractivity contribution in [2.24, 2.45) is 0 Å². The number of nitrogens with zero attached hydrogens (tertiary/aromatic N) is 3. The number of ether oxygens (including phenoxy) is 2. The van der Waals surface area contributed by atoms with Crippen LogP contribution in [0.2, 0.25) is 0 Å². The van der Waals surface area contributed by atoms with Gasteiger partial charge in [-0.1, -0.05) is 0 Å². The number of rotatable bonds is 8. The molecule has 0 atom stereocenters. The summed E-state index contributed by atoms with van der Waals surface area (Å²) in [5, 5.41) is 3.47. The van der Waals surface area contributed by atoms with Crippen molar-refractivity contribution in [1.29, 1.82) is 0 Å². The molecule has 0 unspecified atom stereocenters. The molecular weight excluding hydrogens is 404 g/mol. The van der Waals surface area contributed by atoms with E-state index in [2.05, 4.69) is 32.3 Å². The van der Waals surface area contributed by atoms with Crippen molar-refractivity contribution in [3.05, 3.63) is 41.7 Å². The third kappa shape index (κ3) is 5.71. The van der Waals surface area contributed by atoms with Crippen LogP contribution in [0.5, 0.6) is 11.5 Å². The van der Waals surface area contributed by atoms with E-state index in [1.54, 1.807) is 6.20 Å². The summed E-state index contributed by atoms with van der Waals surface area (Å²) in [6.45, 7) is 13.0. The molecule has 0 aliphatic carbocycles. The van der Waals surface area contributed by atoms with Gasteiger partial charge in [0.1, 0.15) is 17.0 Å². The minimum atomic E-state index is 0.130. The zero-order valence-electron chi connectivity index (χ0n) is 19.7. The van der Waals surface area contributed by atoms with Gasteiger partial charge >= 0.3 is 0 Å². The predicted octanol–water partition coefficient (Wildman–Crippen LogP) is 5.18. The third-order valence-corrected chi connectivity index (χ3v) is 5.49. The standard InChI is InChI=1S/C25H34N4O3/c1-16(2)30-21-12-19(13-22(14-21)31-17(3)4)15-29-10-7-20(8-11-29)27-25-28-23-6-9-26-18(5)24(23)32-25/h6,9,12-14,16-17,20H,7-8,10-11,15H2,1-5H3,(H,27,28). The van der Waals surface area contributed by atoms with Gasteiger partial charge in [0.25, 0.3) is 6.01 Å². The lowest BCUT2D eigenvalue weighted by Crippen LogP contribution is -2.38. The summed E-state index contributed by atoms with van der Waals surface area (Å²) in [6.07, 6.45) is 4.10. The average Bonchev–Trinajstić information content (AvgIpc) is 3.12. The van der Waals surface area contributed by atoms with Gasteiger partial charge in [-0.05, 0) is 71.2 Å². The fourth-order valence-corrected chi connectivity index (χ4v) is 4.11. The van der Waals surface area contributed by atoms with Crippen LogP contribution in [-0.2, 0) is 6.54 Å².